The molecule has 0 aromatic rings. The summed E-state index contributed by atoms with van der Waals surface area (Å²) in [6.45, 7) is 4.95. The van der Waals surface area contributed by atoms with Crippen molar-refractivity contribution in [1.29, 1.82) is 0 Å². The molecule has 0 aromatic heterocycles. The summed E-state index contributed by atoms with van der Waals surface area (Å²) >= 11 is 0. The standard InChI is InChI=1S/C79H151NO5/c1-3-5-7-9-11-13-15-17-19-21-37-41-45-49-53-57-61-65-69-73-79(84)85-74-70-66-62-58-54-50-46-42-39-36-34-32-30-28-26-24-22-23-25-27-29-31-33-35-38-40-44-48-52-56-60-64-68-72-78(83)80-76(75-81)77(82)71-67-63-59-55-51-47-43-20-18-16-14-12-10-8-6-4-2/h26,28,32,34,67,71,76-77,81-82H,3-25,27,29-31,33,35-66,68-70,72-75H2,1-2H3,(H,80,83)/b28-26-,34-32-,71-67+. The van der Waals surface area contributed by atoms with Crippen LogP contribution in [0.5, 0.6) is 0 Å². The molecule has 0 fully saturated rings. The Balaban J connectivity index is 3.37. The van der Waals surface area contributed by atoms with Crippen LogP contribution in [0.1, 0.15) is 431 Å². The Morgan fingerprint density at radius 3 is 0.894 bits per heavy atom. The molecule has 502 valence electrons. The van der Waals surface area contributed by atoms with E-state index >= 15 is 0 Å². The Bertz CT molecular complexity index is 1380. The summed E-state index contributed by atoms with van der Waals surface area (Å²) in [6, 6.07) is -0.627. The van der Waals surface area contributed by atoms with E-state index in [0.29, 0.717) is 19.4 Å². The zero-order valence-corrected chi connectivity index (χ0v) is 57.6. The fourth-order valence-electron chi connectivity index (χ4n) is 12.3. The van der Waals surface area contributed by atoms with E-state index in [2.05, 4.69) is 43.5 Å². The summed E-state index contributed by atoms with van der Waals surface area (Å²) in [5, 5.41) is 23.2. The summed E-state index contributed by atoms with van der Waals surface area (Å²) in [5.74, 6) is -0.0438. The molecule has 0 spiro atoms. The summed E-state index contributed by atoms with van der Waals surface area (Å²) in [5.41, 5.74) is 0. The minimum absolute atomic E-state index is 0.0194. The maximum Gasteiger partial charge on any atom is 0.305 e. The number of aliphatic hydroxyl groups is 2. The molecule has 0 radical (unpaired) electrons. The highest BCUT2D eigenvalue weighted by Crippen LogP contribution is 2.19. The van der Waals surface area contributed by atoms with Crippen LogP contribution in [0.15, 0.2) is 36.5 Å². The van der Waals surface area contributed by atoms with Crippen molar-refractivity contribution in [3.63, 3.8) is 0 Å². The van der Waals surface area contributed by atoms with E-state index in [0.717, 1.165) is 44.9 Å². The molecule has 6 nitrogen and oxygen atoms in total. The summed E-state index contributed by atoms with van der Waals surface area (Å²) < 4.78 is 5.51. The van der Waals surface area contributed by atoms with Gasteiger partial charge in [-0.15, -0.1) is 0 Å². The Hall–Kier alpha value is -1.92. The van der Waals surface area contributed by atoms with Crippen LogP contribution in [0, 0.1) is 0 Å². The quantitative estimate of drug-likeness (QED) is 0.0320. The van der Waals surface area contributed by atoms with Crippen molar-refractivity contribution in [1.82, 2.24) is 5.32 Å². The summed E-state index contributed by atoms with van der Waals surface area (Å²) in [7, 11) is 0. The Labute approximate surface area is 532 Å². The molecule has 0 rings (SSSR count). The molecule has 0 saturated heterocycles. The number of unbranched alkanes of at least 4 members (excludes halogenated alkanes) is 58. The lowest BCUT2D eigenvalue weighted by Gasteiger charge is -2.20. The Morgan fingerprint density at radius 1 is 0.329 bits per heavy atom. The van der Waals surface area contributed by atoms with Gasteiger partial charge >= 0.3 is 5.97 Å². The lowest BCUT2D eigenvalue weighted by atomic mass is 10.0. The highest BCUT2D eigenvalue weighted by Gasteiger charge is 2.18. The number of ether oxygens (including phenoxy) is 1. The summed E-state index contributed by atoms with van der Waals surface area (Å²) in [4.78, 5) is 24.6. The van der Waals surface area contributed by atoms with Crippen LogP contribution in [-0.4, -0.2) is 47.4 Å². The SMILES string of the molecule is CCCCCCCCCCCCCCCC/C=C/C(O)C(CO)NC(=O)CCCCCCCCCCCCCCCCCCC/C=C\C/C=C\CCCCCCCCCCCOC(=O)CCCCCCCCCCCCCCCCCCCCC. The third kappa shape index (κ3) is 71.0. The molecule has 3 N–H and O–H groups in total. The first-order valence-corrected chi connectivity index (χ1v) is 38.8. The van der Waals surface area contributed by atoms with Gasteiger partial charge in [0.1, 0.15) is 0 Å². The van der Waals surface area contributed by atoms with Crippen molar-refractivity contribution < 1.29 is 24.5 Å². The molecule has 0 aliphatic carbocycles. The number of hydrogen-bond acceptors (Lipinski definition) is 5. The predicted octanol–water partition coefficient (Wildman–Crippen LogP) is 25.4. The Kier molecular flexibility index (Phi) is 72.9. The molecular weight excluding hydrogens is 1040 g/mol. The third-order valence-corrected chi connectivity index (χ3v) is 18.2. The number of amides is 1. The van der Waals surface area contributed by atoms with Gasteiger partial charge in [0, 0.05) is 12.8 Å². The van der Waals surface area contributed by atoms with Crippen molar-refractivity contribution in [2.75, 3.05) is 13.2 Å². The van der Waals surface area contributed by atoms with Crippen LogP contribution >= 0.6 is 0 Å². The molecular formula is C79H151NO5. The first-order valence-electron chi connectivity index (χ1n) is 38.8. The predicted molar refractivity (Wildman–Crippen MR) is 375 cm³/mol. The number of nitrogens with one attached hydrogen (secondary N) is 1. The van der Waals surface area contributed by atoms with E-state index in [1.54, 1.807) is 6.08 Å². The maximum absolute atomic E-state index is 12.5. The van der Waals surface area contributed by atoms with E-state index in [-0.39, 0.29) is 18.5 Å². The van der Waals surface area contributed by atoms with Gasteiger partial charge < -0.3 is 20.3 Å². The average Bonchev–Trinajstić information content (AvgIpc) is 3.51. The van der Waals surface area contributed by atoms with Gasteiger partial charge in [0.25, 0.3) is 0 Å². The average molecular weight is 1200 g/mol. The minimum atomic E-state index is -0.843. The number of carbonyl (C=O) groups is 2. The molecule has 0 saturated carbocycles. The molecule has 0 aliphatic heterocycles. The monoisotopic (exact) mass is 1190 g/mol. The fraction of sp³-hybridized carbons (Fsp3) is 0.899. The molecule has 85 heavy (non-hydrogen) atoms. The first-order chi connectivity index (χ1) is 42.0. The molecule has 2 atom stereocenters. The highest BCUT2D eigenvalue weighted by atomic mass is 16.5. The number of esters is 1. The fourth-order valence-corrected chi connectivity index (χ4v) is 12.3. The Morgan fingerprint density at radius 2 is 0.588 bits per heavy atom. The molecule has 1 amide bonds. The molecule has 6 heteroatoms. The topological polar surface area (TPSA) is 95.9 Å². The van der Waals surface area contributed by atoms with Crippen LogP contribution in [0.4, 0.5) is 0 Å². The van der Waals surface area contributed by atoms with E-state index < -0.39 is 12.1 Å². The van der Waals surface area contributed by atoms with E-state index in [9.17, 15) is 19.8 Å². The van der Waals surface area contributed by atoms with Crippen molar-refractivity contribution in [3.05, 3.63) is 36.5 Å². The molecule has 2 unspecified atom stereocenters. The maximum atomic E-state index is 12.5. The summed E-state index contributed by atoms with van der Waals surface area (Å²) in [6.07, 6.45) is 96.9. The van der Waals surface area contributed by atoms with Gasteiger partial charge in [0.05, 0.1) is 25.4 Å². The molecule has 0 aliphatic rings. The van der Waals surface area contributed by atoms with Gasteiger partial charge in [0.2, 0.25) is 5.91 Å². The van der Waals surface area contributed by atoms with Crippen LogP contribution in [0.3, 0.4) is 0 Å². The van der Waals surface area contributed by atoms with Crippen LogP contribution in [0.2, 0.25) is 0 Å². The number of rotatable bonds is 73. The van der Waals surface area contributed by atoms with Crippen LogP contribution in [-0.2, 0) is 14.3 Å². The van der Waals surface area contributed by atoms with Gasteiger partial charge in [-0.25, -0.2) is 0 Å². The molecule has 0 bridgehead atoms. The van der Waals surface area contributed by atoms with Crippen LogP contribution < -0.4 is 5.32 Å². The molecule has 0 heterocycles. The van der Waals surface area contributed by atoms with E-state index in [1.165, 1.54) is 360 Å². The second kappa shape index (κ2) is 74.5. The van der Waals surface area contributed by atoms with Crippen molar-refractivity contribution in [3.8, 4) is 0 Å². The van der Waals surface area contributed by atoms with Gasteiger partial charge in [-0.2, -0.15) is 0 Å². The third-order valence-electron chi connectivity index (χ3n) is 18.2. The second-order valence-corrected chi connectivity index (χ2v) is 26.7. The number of aliphatic hydroxyl groups excluding tert-OH is 2. The van der Waals surface area contributed by atoms with Crippen molar-refractivity contribution >= 4 is 11.9 Å². The van der Waals surface area contributed by atoms with Gasteiger partial charge in [0.15, 0.2) is 0 Å². The number of carbonyl (C=O) groups excluding carboxylic acids is 2. The molecule has 0 aromatic carbocycles. The largest absolute Gasteiger partial charge is 0.466 e. The highest BCUT2D eigenvalue weighted by molar-refractivity contribution is 5.76. The van der Waals surface area contributed by atoms with Crippen LogP contribution in [0.25, 0.3) is 0 Å². The van der Waals surface area contributed by atoms with E-state index in [1.807, 2.05) is 6.08 Å². The lowest BCUT2D eigenvalue weighted by Crippen LogP contribution is -2.45. The normalized spacial score (nSPS) is 12.7. The van der Waals surface area contributed by atoms with E-state index in [4.69, 9.17) is 4.74 Å². The zero-order valence-electron chi connectivity index (χ0n) is 57.6. The second-order valence-electron chi connectivity index (χ2n) is 26.7. The minimum Gasteiger partial charge on any atom is -0.466 e. The van der Waals surface area contributed by atoms with Crippen molar-refractivity contribution in [2.24, 2.45) is 0 Å². The first kappa shape index (κ1) is 83.1. The van der Waals surface area contributed by atoms with Crippen molar-refractivity contribution in [2.45, 2.75) is 443 Å². The smallest absolute Gasteiger partial charge is 0.305 e. The number of hydrogen-bond donors (Lipinski definition) is 3. The number of allylic oxidation sites excluding steroid dienone is 5. The zero-order chi connectivity index (χ0) is 61.3. The lowest BCUT2D eigenvalue weighted by molar-refractivity contribution is -0.143. The van der Waals surface area contributed by atoms with Gasteiger partial charge in [-0.3, -0.25) is 9.59 Å². The van der Waals surface area contributed by atoms with Gasteiger partial charge in [-0.05, 0) is 64.2 Å². The van der Waals surface area contributed by atoms with Gasteiger partial charge in [-0.1, -0.05) is 391 Å².